The first kappa shape index (κ1) is 14.5. The van der Waals surface area contributed by atoms with Crippen LogP contribution in [0, 0.1) is 11.8 Å². The number of aliphatic hydroxyl groups is 1. The summed E-state index contributed by atoms with van der Waals surface area (Å²) < 4.78 is 0. The van der Waals surface area contributed by atoms with Crippen molar-refractivity contribution in [2.45, 2.75) is 45.1 Å². The van der Waals surface area contributed by atoms with Gasteiger partial charge in [0, 0.05) is 17.3 Å². The average Bonchev–Trinajstić information content (AvgIpc) is 3.07. The third-order valence-electron chi connectivity index (χ3n) is 3.96. The van der Waals surface area contributed by atoms with Gasteiger partial charge >= 0.3 is 0 Å². The molecule has 0 aliphatic heterocycles. The molecule has 2 unspecified atom stereocenters. The van der Waals surface area contributed by atoms with Crippen molar-refractivity contribution in [3.8, 4) is 0 Å². The summed E-state index contributed by atoms with van der Waals surface area (Å²) in [7, 11) is 0. The number of hydrogen-bond donors (Lipinski definition) is 2. The van der Waals surface area contributed by atoms with Gasteiger partial charge in [-0.05, 0) is 36.6 Å². The fourth-order valence-corrected chi connectivity index (χ4v) is 3.55. The number of rotatable bonds is 6. The summed E-state index contributed by atoms with van der Waals surface area (Å²) in [5.74, 6) is 0.396. The van der Waals surface area contributed by atoms with Crippen molar-refractivity contribution in [1.29, 1.82) is 0 Å². The Morgan fingerprint density at radius 2 is 2.26 bits per heavy atom. The van der Waals surface area contributed by atoms with Crippen LogP contribution < -0.4 is 5.32 Å². The lowest BCUT2D eigenvalue weighted by Crippen LogP contribution is -2.38. The van der Waals surface area contributed by atoms with Crippen molar-refractivity contribution in [1.82, 2.24) is 5.32 Å². The van der Waals surface area contributed by atoms with E-state index in [0.717, 1.165) is 19.3 Å². The Morgan fingerprint density at radius 1 is 1.53 bits per heavy atom. The Balaban J connectivity index is 1.71. The Labute approximate surface area is 119 Å². The molecule has 0 spiro atoms. The van der Waals surface area contributed by atoms with E-state index in [2.05, 4.69) is 11.4 Å². The van der Waals surface area contributed by atoms with Crippen LogP contribution in [-0.2, 0) is 11.2 Å². The summed E-state index contributed by atoms with van der Waals surface area (Å²) in [6, 6.07) is 4.07. The second kappa shape index (κ2) is 7.06. The molecule has 106 valence electrons. The van der Waals surface area contributed by atoms with Crippen LogP contribution in [0.3, 0.4) is 0 Å². The first-order valence-corrected chi connectivity index (χ1v) is 8.03. The molecule has 1 saturated carbocycles. The topological polar surface area (TPSA) is 49.3 Å². The zero-order valence-electron chi connectivity index (χ0n) is 11.5. The Kier molecular flexibility index (Phi) is 5.40. The van der Waals surface area contributed by atoms with Gasteiger partial charge in [-0.15, -0.1) is 11.3 Å². The Bertz CT molecular complexity index is 385. The first-order chi connectivity index (χ1) is 9.16. The van der Waals surface area contributed by atoms with E-state index in [1.807, 2.05) is 18.4 Å². The summed E-state index contributed by atoms with van der Waals surface area (Å²) in [6.45, 7) is 2.34. The lowest BCUT2D eigenvalue weighted by Gasteiger charge is -2.19. The van der Waals surface area contributed by atoms with Crippen molar-refractivity contribution >= 4 is 17.2 Å². The Morgan fingerprint density at radius 3 is 2.89 bits per heavy atom. The Hall–Kier alpha value is -0.870. The molecule has 0 saturated heterocycles. The zero-order valence-corrected chi connectivity index (χ0v) is 12.3. The normalized spacial score (nSPS) is 19.3. The lowest BCUT2D eigenvalue weighted by molar-refractivity contribution is -0.125. The summed E-state index contributed by atoms with van der Waals surface area (Å²) in [5.41, 5.74) is 0. The van der Waals surface area contributed by atoms with Crippen molar-refractivity contribution in [3.63, 3.8) is 0 Å². The molecule has 0 aromatic carbocycles. The fraction of sp³-hybridized carbons (Fsp3) is 0.667. The number of amides is 1. The van der Waals surface area contributed by atoms with Crippen molar-refractivity contribution in [2.75, 3.05) is 6.54 Å². The number of carbonyl (C=O) groups is 1. The molecule has 2 atom stereocenters. The quantitative estimate of drug-likeness (QED) is 0.842. The molecular formula is C15H23NO2S. The molecule has 1 fully saturated rings. The fourth-order valence-electron chi connectivity index (χ4n) is 2.71. The third-order valence-corrected chi connectivity index (χ3v) is 4.86. The van der Waals surface area contributed by atoms with Crippen LogP contribution in [-0.4, -0.2) is 23.7 Å². The van der Waals surface area contributed by atoms with Gasteiger partial charge in [-0.25, -0.2) is 0 Å². The molecule has 2 N–H and O–H groups in total. The number of carbonyl (C=O) groups excluding carboxylic acids is 1. The van der Waals surface area contributed by atoms with Gasteiger partial charge in [0.2, 0.25) is 5.91 Å². The van der Waals surface area contributed by atoms with Gasteiger partial charge in [-0.2, -0.15) is 0 Å². The second-order valence-corrected chi connectivity index (χ2v) is 6.57. The molecule has 2 rings (SSSR count). The smallest absolute Gasteiger partial charge is 0.223 e. The second-order valence-electron chi connectivity index (χ2n) is 5.54. The number of nitrogens with one attached hydrogen (secondary N) is 1. The SMILES string of the molecule is CC(Cc1cccs1)C(=O)NCC(O)C1CCCC1. The maximum Gasteiger partial charge on any atom is 0.223 e. The summed E-state index contributed by atoms with van der Waals surface area (Å²) >= 11 is 1.68. The lowest BCUT2D eigenvalue weighted by atomic mass is 10.0. The average molecular weight is 281 g/mol. The van der Waals surface area contributed by atoms with Crippen LogP contribution in [0.5, 0.6) is 0 Å². The van der Waals surface area contributed by atoms with Gasteiger partial charge in [-0.1, -0.05) is 25.8 Å². The van der Waals surface area contributed by atoms with E-state index in [1.54, 1.807) is 11.3 Å². The predicted octanol–water partition coefficient (Wildman–Crippen LogP) is 2.59. The van der Waals surface area contributed by atoms with Gasteiger partial charge in [-0.3, -0.25) is 4.79 Å². The number of aliphatic hydroxyl groups excluding tert-OH is 1. The van der Waals surface area contributed by atoms with Crippen LogP contribution in [0.25, 0.3) is 0 Å². The first-order valence-electron chi connectivity index (χ1n) is 7.15. The maximum absolute atomic E-state index is 12.0. The number of thiophene rings is 1. The highest BCUT2D eigenvalue weighted by Crippen LogP contribution is 2.27. The van der Waals surface area contributed by atoms with Crippen molar-refractivity contribution in [3.05, 3.63) is 22.4 Å². The largest absolute Gasteiger partial charge is 0.391 e. The molecule has 1 heterocycles. The van der Waals surface area contributed by atoms with E-state index in [-0.39, 0.29) is 17.9 Å². The molecular weight excluding hydrogens is 258 g/mol. The zero-order chi connectivity index (χ0) is 13.7. The predicted molar refractivity (Wildman–Crippen MR) is 78.2 cm³/mol. The molecule has 1 aromatic rings. The minimum Gasteiger partial charge on any atom is -0.391 e. The van der Waals surface area contributed by atoms with E-state index >= 15 is 0 Å². The van der Waals surface area contributed by atoms with Gasteiger partial charge in [0.25, 0.3) is 0 Å². The maximum atomic E-state index is 12.0. The van der Waals surface area contributed by atoms with E-state index in [0.29, 0.717) is 12.5 Å². The molecule has 0 bridgehead atoms. The van der Waals surface area contributed by atoms with Crippen LogP contribution >= 0.6 is 11.3 Å². The minimum absolute atomic E-state index is 0.0329. The van der Waals surface area contributed by atoms with Gasteiger partial charge in [0.05, 0.1) is 6.10 Å². The molecule has 1 aromatic heterocycles. The van der Waals surface area contributed by atoms with E-state index in [9.17, 15) is 9.90 Å². The van der Waals surface area contributed by atoms with E-state index < -0.39 is 0 Å². The molecule has 1 aliphatic carbocycles. The van der Waals surface area contributed by atoms with Crippen molar-refractivity contribution < 1.29 is 9.90 Å². The van der Waals surface area contributed by atoms with Gasteiger partial charge in [0.15, 0.2) is 0 Å². The summed E-state index contributed by atoms with van der Waals surface area (Å²) in [5, 5.41) is 14.9. The number of hydrogen-bond acceptors (Lipinski definition) is 3. The highest BCUT2D eigenvalue weighted by atomic mass is 32.1. The van der Waals surface area contributed by atoms with E-state index in [4.69, 9.17) is 0 Å². The van der Waals surface area contributed by atoms with Gasteiger partial charge < -0.3 is 10.4 Å². The molecule has 0 radical (unpaired) electrons. The molecule has 1 amide bonds. The minimum atomic E-state index is -0.375. The molecule has 3 nitrogen and oxygen atoms in total. The molecule has 1 aliphatic rings. The van der Waals surface area contributed by atoms with Crippen LogP contribution in [0.4, 0.5) is 0 Å². The highest BCUT2D eigenvalue weighted by Gasteiger charge is 2.24. The molecule has 4 heteroatoms. The van der Waals surface area contributed by atoms with Crippen molar-refractivity contribution in [2.24, 2.45) is 11.8 Å². The van der Waals surface area contributed by atoms with Crippen LogP contribution in [0.2, 0.25) is 0 Å². The highest BCUT2D eigenvalue weighted by molar-refractivity contribution is 7.09. The summed E-state index contributed by atoms with van der Waals surface area (Å²) in [6.07, 6.45) is 5.03. The van der Waals surface area contributed by atoms with E-state index in [1.165, 1.54) is 17.7 Å². The van der Waals surface area contributed by atoms with Crippen LogP contribution in [0.15, 0.2) is 17.5 Å². The molecule has 19 heavy (non-hydrogen) atoms. The summed E-state index contributed by atoms with van der Waals surface area (Å²) in [4.78, 5) is 13.2. The monoisotopic (exact) mass is 281 g/mol. The van der Waals surface area contributed by atoms with Crippen LogP contribution in [0.1, 0.15) is 37.5 Å². The standard InChI is InChI=1S/C15H23NO2S/c1-11(9-13-7-4-8-19-13)15(18)16-10-14(17)12-5-2-3-6-12/h4,7-8,11-12,14,17H,2-3,5-6,9-10H2,1H3,(H,16,18). The van der Waals surface area contributed by atoms with Gasteiger partial charge in [0.1, 0.15) is 0 Å². The third kappa shape index (κ3) is 4.32.